The van der Waals surface area contributed by atoms with Crippen LogP contribution in [0.3, 0.4) is 0 Å². The summed E-state index contributed by atoms with van der Waals surface area (Å²) in [4.78, 5) is 0.444. The Morgan fingerprint density at radius 3 is 2.68 bits per heavy atom. The summed E-state index contributed by atoms with van der Waals surface area (Å²) in [5, 5.41) is -0.612. The molecule has 0 aromatic heterocycles. The second-order valence-corrected chi connectivity index (χ2v) is 9.05. The van der Waals surface area contributed by atoms with E-state index in [0.29, 0.717) is 17.7 Å². The predicted octanol–water partition coefficient (Wildman–Crippen LogP) is 2.29. The van der Waals surface area contributed by atoms with Crippen LogP contribution in [0.5, 0.6) is 0 Å². The van der Waals surface area contributed by atoms with Crippen LogP contribution in [0.15, 0.2) is 29.2 Å². The zero-order valence-electron chi connectivity index (χ0n) is 10.7. The van der Waals surface area contributed by atoms with E-state index >= 15 is 0 Å². The van der Waals surface area contributed by atoms with Crippen molar-refractivity contribution in [1.29, 1.82) is 0 Å². The zero-order chi connectivity index (χ0) is 14.0. The number of benzene rings is 1. The molecule has 6 heteroatoms. The van der Waals surface area contributed by atoms with Gasteiger partial charge in [-0.1, -0.05) is 12.5 Å². The lowest BCUT2D eigenvalue weighted by molar-refractivity contribution is 0.487. The summed E-state index contributed by atoms with van der Waals surface area (Å²) in [6.07, 6.45) is 3.75. The number of hydrogen-bond donors (Lipinski definition) is 0. The highest BCUT2D eigenvalue weighted by Crippen LogP contribution is 2.29. The molecule has 0 radical (unpaired) electrons. The van der Waals surface area contributed by atoms with Crippen LogP contribution >= 0.6 is 0 Å². The molecule has 2 rings (SSSR count). The first kappa shape index (κ1) is 14.7. The largest absolute Gasteiger partial charge is 0.254 e. The summed E-state index contributed by atoms with van der Waals surface area (Å²) in [6.45, 7) is 0. The third kappa shape index (κ3) is 3.63. The lowest BCUT2D eigenvalue weighted by atomic mass is 10.00. The molecule has 0 N–H and O–H groups in total. The molecule has 0 amide bonds. The van der Waals surface area contributed by atoms with Gasteiger partial charge >= 0.3 is 0 Å². The monoisotopic (exact) mass is 304 g/mol. The van der Waals surface area contributed by atoms with Crippen LogP contribution in [0, 0.1) is 5.82 Å². The minimum absolute atomic E-state index is 0.199. The molecule has 1 aliphatic carbocycles. The molecule has 3 nitrogen and oxygen atoms in total. The van der Waals surface area contributed by atoms with Crippen molar-refractivity contribution in [2.45, 2.75) is 41.1 Å². The number of sulfone groups is 1. The number of halogens is 1. The predicted molar refractivity (Wildman–Crippen MR) is 73.7 cm³/mol. The van der Waals surface area contributed by atoms with E-state index in [1.807, 2.05) is 0 Å². The quantitative estimate of drug-likeness (QED) is 0.861. The first-order chi connectivity index (χ1) is 8.88. The van der Waals surface area contributed by atoms with Crippen molar-refractivity contribution in [2.24, 2.45) is 0 Å². The van der Waals surface area contributed by atoms with Gasteiger partial charge in [-0.15, -0.1) is 0 Å². The Hall–Kier alpha value is -0.750. The Labute approximate surface area is 115 Å². The standard InChI is InChI=1S/C13H17FO3S2/c1-19(16,17)13-7-3-6-12(9-13)18(15)11-5-2-4-10(14)8-11/h2,4-5,8,12-13H,3,6-7,9H2,1H3. The van der Waals surface area contributed by atoms with Crippen LogP contribution < -0.4 is 0 Å². The second kappa shape index (κ2) is 5.71. The second-order valence-electron chi connectivity index (χ2n) is 4.99. The van der Waals surface area contributed by atoms with E-state index in [4.69, 9.17) is 0 Å². The summed E-state index contributed by atoms with van der Waals surface area (Å²) in [5.41, 5.74) is 0. The van der Waals surface area contributed by atoms with Crippen molar-refractivity contribution < 1.29 is 17.0 Å². The van der Waals surface area contributed by atoms with Crippen molar-refractivity contribution in [2.75, 3.05) is 6.26 Å². The third-order valence-electron chi connectivity index (χ3n) is 3.51. The molecule has 106 valence electrons. The van der Waals surface area contributed by atoms with Crippen LogP contribution in [0.1, 0.15) is 25.7 Å². The molecule has 0 spiro atoms. The van der Waals surface area contributed by atoms with E-state index in [0.717, 1.165) is 12.8 Å². The Morgan fingerprint density at radius 1 is 1.32 bits per heavy atom. The molecule has 1 aromatic rings. The number of rotatable bonds is 3. The van der Waals surface area contributed by atoms with Gasteiger partial charge in [0.05, 0.1) is 16.0 Å². The lowest BCUT2D eigenvalue weighted by Crippen LogP contribution is -2.32. The van der Waals surface area contributed by atoms with Gasteiger partial charge in [-0.05, 0) is 37.5 Å². The van der Waals surface area contributed by atoms with Crippen LogP contribution in [0.4, 0.5) is 4.39 Å². The summed E-state index contributed by atoms with van der Waals surface area (Å²) in [5.74, 6) is -0.415. The number of hydrogen-bond acceptors (Lipinski definition) is 3. The Balaban J connectivity index is 2.16. The minimum Gasteiger partial charge on any atom is -0.254 e. The first-order valence-corrected chi connectivity index (χ1v) is 9.39. The Kier molecular flexibility index (Phi) is 4.40. The minimum atomic E-state index is -3.09. The summed E-state index contributed by atoms with van der Waals surface area (Å²) >= 11 is 0. The average Bonchev–Trinajstić information content (AvgIpc) is 2.37. The van der Waals surface area contributed by atoms with Crippen molar-refractivity contribution in [3.05, 3.63) is 30.1 Å². The van der Waals surface area contributed by atoms with Crippen molar-refractivity contribution in [3.8, 4) is 0 Å². The van der Waals surface area contributed by atoms with Crippen LogP contribution in [0.2, 0.25) is 0 Å². The molecule has 0 bridgehead atoms. The fourth-order valence-electron chi connectivity index (χ4n) is 2.47. The van der Waals surface area contributed by atoms with Gasteiger partial charge in [-0.25, -0.2) is 12.8 Å². The van der Waals surface area contributed by atoms with Gasteiger partial charge in [0.2, 0.25) is 0 Å². The van der Waals surface area contributed by atoms with E-state index < -0.39 is 31.7 Å². The van der Waals surface area contributed by atoms with Crippen molar-refractivity contribution in [1.82, 2.24) is 0 Å². The van der Waals surface area contributed by atoms with E-state index in [1.54, 1.807) is 6.07 Å². The summed E-state index contributed by atoms with van der Waals surface area (Å²) < 4.78 is 48.7. The topological polar surface area (TPSA) is 51.2 Å². The molecule has 0 aliphatic heterocycles. The van der Waals surface area contributed by atoms with E-state index in [9.17, 15) is 17.0 Å². The average molecular weight is 304 g/mol. The van der Waals surface area contributed by atoms with Crippen LogP contribution in [-0.2, 0) is 20.6 Å². The highest BCUT2D eigenvalue weighted by atomic mass is 32.2. The van der Waals surface area contributed by atoms with Crippen LogP contribution in [0.25, 0.3) is 0 Å². The van der Waals surface area contributed by atoms with E-state index in [2.05, 4.69) is 0 Å². The highest BCUT2D eigenvalue weighted by Gasteiger charge is 2.32. The molecule has 1 aromatic carbocycles. The van der Waals surface area contributed by atoms with Gasteiger partial charge < -0.3 is 0 Å². The lowest BCUT2D eigenvalue weighted by Gasteiger charge is -2.27. The Morgan fingerprint density at radius 2 is 2.05 bits per heavy atom. The highest BCUT2D eigenvalue weighted by molar-refractivity contribution is 7.91. The molecule has 1 fully saturated rings. The summed E-state index contributed by atoms with van der Waals surface area (Å²) in [7, 11) is -4.43. The van der Waals surface area contributed by atoms with Crippen molar-refractivity contribution in [3.63, 3.8) is 0 Å². The maximum Gasteiger partial charge on any atom is 0.150 e. The fraction of sp³-hybridized carbons (Fsp3) is 0.538. The molecular weight excluding hydrogens is 287 g/mol. The smallest absolute Gasteiger partial charge is 0.150 e. The maximum absolute atomic E-state index is 13.1. The van der Waals surface area contributed by atoms with Crippen molar-refractivity contribution >= 4 is 20.6 Å². The van der Waals surface area contributed by atoms with Gasteiger partial charge in [-0.2, -0.15) is 0 Å². The molecule has 19 heavy (non-hydrogen) atoms. The molecule has 0 heterocycles. The normalized spacial score (nSPS) is 26.0. The van der Waals surface area contributed by atoms with Gasteiger partial charge in [-0.3, -0.25) is 4.21 Å². The Bertz CT molecular complexity index is 583. The molecule has 0 saturated heterocycles. The molecular formula is C13H17FO3S2. The van der Waals surface area contributed by atoms with Crippen LogP contribution in [-0.4, -0.2) is 29.4 Å². The van der Waals surface area contributed by atoms with Gasteiger partial charge in [0, 0.05) is 16.4 Å². The fourth-order valence-corrected chi connectivity index (χ4v) is 5.38. The summed E-state index contributed by atoms with van der Waals surface area (Å²) in [6, 6.07) is 5.73. The zero-order valence-corrected chi connectivity index (χ0v) is 12.3. The third-order valence-corrected chi connectivity index (χ3v) is 6.91. The SMILES string of the molecule is CS(=O)(=O)C1CCCC(S(=O)c2cccc(F)c2)C1. The molecule has 3 unspecified atom stereocenters. The van der Waals surface area contributed by atoms with Gasteiger partial charge in [0.25, 0.3) is 0 Å². The van der Waals surface area contributed by atoms with Gasteiger partial charge in [0.1, 0.15) is 15.7 Å². The van der Waals surface area contributed by atoms with E-state index in [-0.39, 0.29) is 5.25 Å². The maximum atomic E-state index is 13.1. The molecule has 1 aliphatic rings. The van der Waals surface area contributed by atoms with E-state index in [1.165, 1.54) is 24.5 Å². The first-order valence-electron chi connectivity index (χ1n) is 6.23. The molecule has 1 saturated carbocycles. The molecule has 3 atom stereocenters. The van der Waals surface area contributed by atoms with Gasteiger partial charge in [0.15, 0.2) is 0 Å².